The van der Waals surface area contributed by atoms with Crippen molar-refractivity contribution in [3.8, 4) is 0 Å². The Bertz CT molecular complexity index is 346. The lowest BCUT2D eigenvalue weighted by Crippen LogP contribution is -2.25. The molecular weight excluding hydrogens is 258 g/mol. The van der Waals surface area contributed by atoms with Crippen LogP contribution in [0.4, 0.5) is 0 Å². The third kappa shape index (κ3) is 3.90. The van der Waals surface area contributed by atoms with Crippen molar-refractivity contribution in [2.45, 2.75) is 17.2 Å². The molecule has 0 saturated heterocycles. The van der Waals surface area contributed by atoms with Gasteiger partial charge in [-0.1, -0.05) is 46.9 Å². The lowest BCUT2D eigenvalue weighted by molar-refractivity contribution is -0.137. The fraction of sp³-hybridized carbons (Fsp3) is 0.300. The number of halogens is 3. The largest absolute Gasteiger partial charge is 0.479 e. The molecule has 0 atom stereocenters. The molecule has 0 aromatic heterocycles. The zero-order chi connectivity index (χ0) is 11.5. The number of hydrogen-bond acceptors (Lipinski definition) is 1. The van der Waals surface area contributed by atoms with E-state index in [1.807, 2.05) is 12.1 Å². The topological polar surface area (TPSA) is 37.3 Å². The average molecular weight is 268 g/mol. The molecule has 0 saturated carbocycles. The summed E-state index contributed by atoms with van der Waals surface area (Å²) in [6, 6.07) is 7.10. The molecule has 0 heterocycles. The first kappa shape index (κ1) is 12.6. The molecule has 2 nitrogen and oxygen atoms in total. The molecule has 0 amide bonds. The van der Waals surface area contributed by atoms with Crippen molar-refractivity contribution in [2.24, 2.45) is 0 Å². The first-order valence-corrected chi connectivity index (χ1v) is 5.41. The van der Waals surface area contributed by atoms with E-state index in [9.17, 15) is 4.79 Å². The predicted octanol–water partition coefficient (Wildman–Crippen LogP) is 3.53. The van der Waals surface area contributed by atoms with Crippen LogP contribution in [0.1, 0.15) is 12.0 Å². The number of carbonyl (C=O) groups is 1. The molecule has 1 rings (SSSR count). The van der Waals surface area contributed by atoms with Crippen LogP contribution in [0.15, 0.2) is 24.3 Å². The molecule has 1 aromatic rings. The van der Waals surface area contributed by atoms with Crippen LogP contribution in [-0.2, 0) is 11.2 Å². The Hall–Kier alpha value is -0.440. The van der Waals surface area contributed by atoms with E-state index >= 15 is 0 Å². The first-order valence-electron chi connectivity index (χ1n) is 4.27. The number of rotatable bonds is 4. The third-order valence-corrected chi connectivity index (χ3v) is 2.91. The number of carboxylic acid groups (broad SMARTS) is 1. The number of aliphatic carboxylic acids is 1. The summed E-state index contributed by atoms with van der Waals surface area (Å²) in [4.78, 5) is 10.6. The lowest BCUT2D eigenvalue weighted by Gasteiger charge is -2.13. The first-order chi connectivity index (χ1) is 6.92. The van der Waals surface area contributed by atoms with Gasteiger partial charge in [-0.25, -0.2) is 4.79 Å². The van der Waals surface area contributed by atoms with Gasteiger partial charge in [-0.3, -0.25) is 0 Å². The molecule has 0 aliphatic rings. The molecule has 1 N–H and O–H groups in total. The lowest BCUT2D eigenvalue weighted by atomic mass is 10.1. The van der Waals surface area contributed by atoms with E-state index < -0.39 is 10.3 Å². The maximum absolute atomic E-state index is 10.6. The van der Waals surface area contributed by atoms with Gasteiger partial charge in [0.05, 0.1) is 0 Å². The van der Waals surface area contributed by atoms with Gasteiger partial charge in [0.1, 0.15) is 0 Å². The number of benzene rings is 1. The van der Waals surface area contributed by atoms with Crippen LogP contribution in [-0.4, -0.2) is 15.4 Å². The SMILES string of the molecule is O=C(O)C(Cl)(Cl)CCc1ccc(Cl)cc1. The Morgan fingerprint density at radius 3 is 2.27 bits per heavy atom. The normalized spacial score (nSPS) is 11.4. The summed E-state index contributed by atoms with van der Waals surface area (Å²) in [6.45, 7) is 0. The Morgan fingerprint density at radius 1 is 1.27 bits per heavy atom. The Kier molecular flexibility index (Phi) is 4.26. The Labute approximate surface area is 103 Å². The molecule has 5 heteroatoms. The molecule has 15 heavy (non-hydrogen) atoms. The molecule has 0 aliphatic carbocycles. The molecule has 0 bridgehead atoms. The van der Waals surface area contributed by atoms with E-state index in [-0.39, 0.29) is 6.42 Å². The highest BCUT2D eigenvalue weighted by Crippen LogP contribution is 2.27. The highest BCUT2D eigenvalue weighted by Gasteiger charge is 2.32. The van der Waals surface area contributed by atoms with Crippen molar-refractivity contribution in [3.63, 3.8) is 0 Å². The van der Waals surface area contributed by atoms with Gasteiger partial charge in [-0.2, -0.15) is 0 Å². The van der Waals surface area contributed by atoms with Gasteiger partial charge in [-0.15, -0.1) is 0 Å². The number of aryl methyl sites for hydroxylation is 1. The van der Waals surface area contributed by atoms with Crippen LogP contribution in [0.2, 0.25) is 5.02 Å². The quantitative estimate of drug-likeness (QED) is 0.847. The number of hydrogen-bond donors (Lipinski definition) is 1. The second kappa shape index (κ2) is 5.06. The van der Waals surface area contributed by atoms with E-state index in [1.165, 1.54) is 0 Å². The van der Waals surface area contributed by atoms with E-state index in [1.54, 1.807) is 12.1 Å². The second-order valence-corrected chi connectivity index (χ2v) is 5.06. The monoisotopic (exact) mass is 266 g/mol. The molecule has 1 aromatic carbocycles. The van der Waals surface area contributed by atoms with E-state index in [2.05, 4.69) is 0 Å². The van der Waals surface area contributed by atoms with Gasteiger partial charge in [0.25, 0.3) is 0 Å². The van der Waals surface area contributed by atoms with Gasteiger partial charge < -0.3 is 5.11 Å². The van der Waals surface area contributed by atoms with Crippen LogP contribution in [0.3, 0.4) is 0 Å². The van der Waals surface area contributed by atoms with Gasteiger partial charge >= 0.3 is 5.97 Å². The van der Waals surface area contributed by atoms with Crippen LogP contribution >= 0.6 is 34.8 Å². The Morgan fingerprint density at radius 2 is 1.80 bits per heavy atom. The van der Waals surface area contributed by atoms with Crippen molar-refractivity contribution in [1.29, 1.82) is 0 Å². The standard InChI is InChI=1S/C10H9Cl3O2/c11-8-3-1-7(2-4-8)5-6-10(12,13)9(14)15/h1-4H,5-6H2,(H,14,15). The highest BCUT2D eigenvalue weighted by molar-refractivity contribution is 6.57. The molecule has 82 valence electrons. The molecule has 0 fully saturated rings. The molecule has 0 radical (unpaired) electrons. The van der Waals surface area contributed by atoms with Crippen LogP contribution in [0.5, 0.6) is 0 Å². The summed E-state index contributed by atoms with van der Waals surface area (Å²) in [5.41, 5.74) is 0.950. The van der Waals surface area contributed by atoms with Crippen molar-refractivity contribution in [1.82, 2.24) is 0 Å². The third-order valence-electron chi connectivity index (χ3n) is 1.95. The van der Waals surface area contributed by atoms with Crippen molar-refractivity contribution >= 4 is 40.8 Å². The predicted molar refractivity (Wildman–Crippen MR) is 61.8 cm³/mol. The summed E-state index contributed by atoms with van der Waals surface area (Å²) < 4.78 is -1.72. The maximum Gasteiger partial charge on any atom is 0.340 e. The maximum atomic E-state index is 10.6. The number of alkyl halides is 2. The van der Waals surface area contributed by atoms with Gasteiger partial charge in [-0.05, 0) is 30.5 Å². The fourth-order valence-corrected chi connectivity index (χ4v) is 1.37. The Balaban J connectivity index is 2.57. The smallest absolute Gasteiger partial charge is 0.340 e. The zero-order valence-corrected chi connectivity index (χ0v) is 9.98. The molecular formula is C10H9Cl3O2. The molecule has 0 unspecified atom stereocenters. The van der Waals surface area contributed by atoms with Crippen molar-refractivity contribution < 1.29 is 9.90 Å². The molecule has 0 spiro atoms. The van der Waals surface area contributed by atoms with Gasteiger partial charge in [0.15, 0.2) is 0 Å². The second-order valence-electron chi connectivity index (χ2n) is 3.14. The van der Waals surface area contributed by atoms with E-state index in [4.69, 9.17) is 39.9 Å². The minimum Gasteiger partial charge on any atom is -0.479 e. The minimum absolute atomic E-state index is 0.160. The van der Waals surface area contributed by atoms with Gasteiger partial charge in [0.2, 0.25) is 4.33 Å². The summed E-state index contributed by atoms with van der Waals surface area (Å²) in [6.07, 6.45) is 0.656. The summed E-state index contributed by atoms with van der Waals surface area (Å²) >= 11 is 16.9. The zero-order valence-electron chi connectivity index (χ0n) is 7.71. The van der Waals surface area contributed by atoms with Crippen molar-refractivity contribution in [2.75, 3.05) is 0 Å². The summed E-state index contributed by atoms with van der Waals surface area (Å²) in [7, 11) is 0. The average Bonchev–Trinajstić information content (AvgIpc) is 2.17. The van der Waals surface area contributed by atoms with Crippen LogP contribution in [0.25, 0.3) is 0 Å². The van der Waals surface area contributed by atoms with Crippen molar-refractivity contribution in [3.05, 3.63) is 34.9 Å². The van der Waals surface area contributed by atoms with E-state index in [0.717, 1.165) is 5.56 Å². The number of carboxylic acids is 1. The van der Waals surface area contributed by atoms with E-state index in [0.29, 0.717) is 11.4 Å². The fourth-order valence-electron chi connectivity index (χ4n) is 1.06. The molecule has 0 aliphatic heterocycles. The summed E-state index contributed by atoms with van der Waals surface area (Å²) in [5.74, 6) is -1.22. The highest BCUT2D eigenvalue weighted by atomic mass is 35.5. The summed E-state index contributed by atoms with van der Waals surface area (Å²) in [5, 5.41) is 9.32. The van der Waals surface area contributed by atoms with Gasteiger partial charge in [0, 0.05) is 5.02 Å². The van der Waals surface area contributed by atoms with Crippen LogP contribution in [0, 0.1) is 0 Å². The van der Waals surface area contributed by atoms with Crippen LogP contribution < -0.4 is 0 Å². The minimum atomic E-state index is -1.72.